The number of carbonyl (C=O) groups excluding carboxylic acids is 1. The fourth-order valence-corrected chi connectivity index (χ4v) is 2.76. The lowest BCUT2D eigenvalue weighted by Crippen LogP contribution is -2.37. The molecule has 106 valence electrons. The standard InChI is InChI=1S/C14H20ClNO2S/c1-3-16-13(14(17)18-2)8-9-19-10-11-4-6-12(15)7-5-11/h4-7,13,16H,3,8-10H2,1-2H3. The number of rotatable bonds is 8. The molecule has 0 aliphatic heterocycles. The maximum Gasteiger partial charge on any atom is 0.322 e. The maximum atomic E-state index is 11.5. The molecule has 0 saturated heterocycles. The summed E-state index contributed by atoms with van der Waals surface area (Å²) in [6.07, 6.45) is 0.777. The van der Waals surface area contributed by atoms with E-state index < -0.39 is 0 Å². The Bertz CT molecular complexity index is 384. The smallest absolute Gasteiger partial charge is 0.322 e. The van der Waals surface area contributed by atoms with Crippen molar-refractivity contribution in [1.82, 2.24) is 5.32 Å². The second kappa shape index (κ2) is 9.23. The van der Waals surface area contributed by atoms with Gasteiger partial charge in [0.15, 0.2) is 0 Å². The molecule has 0 heterocycles. The van der Waals surface area contributed by atoms with Crippen LogP contribution < -0.4 is 5.32 Å². The molecule has 5 heteroatoms. The zero-order valence-electron chi connectivity index (χ0n) is 11.3. The van der Waals surface area contributed by atoms with Crippen LogP contribution in [-0.4, -0.2) is 31.4 Å². The van der Waals surface area contributed by atoms with Gasteiger partial charge in [-0.3, -0.25) is 4.79 Å². The van der Waals surface area contributed by atoms with E-state index in [9.17, 15) is 4.79 Å². The molecule has 0 saturated carbocycles. The van der Waals surface area contributed by atoms with Gasteiger partial charge in [-0.1, -0.05) is 30.7 Å². The predicted molar refractivity (Wildman–Crippen MR) is 81.7 cm³/mol. The summed E-state index contributed by atoms with van der Waals surface area (Å²) in [7, 11) is 1.42. The topological polar surface area (TPSA) is 38.3 Å². The van der Waals surface area contributed by atoms with Gasteiger partial charge in [0.25, 0.3) is 0 Å². The number of thioether (sulfide) groups is 1. The molecule has 0 spiro atoms. The van der Waals surface area contributed by atoms with Crippen molar-refractivity contribution in [3.8, 4) is 0 Å². The van der Waals surface area contributed by atoms with Gasteiger partial charge in [0, 0.05) is 10.8 Å². The first-order valence-corrected chi connectivity index (χ1v) is 7.84. The summed E-state index contributed by atoms with van der Waals surface area (Å²) in [6, 6.07) is 7.64. The maximum absolute atomic E-state index is 11.5. The van der Waals surface area contributed by atoms with Gasteiger partial charge < -0.3 is 10.1 Å². The fourth-order valence-electron chi connectivity index (χ4n) is 1.66. The highest BCUT2D eigenvalue weighted by Gasteiger charge is 2.16. The number of carbonyl (C=O) groups is 1. The lowest BCUT2D eigenvalue weighted by molar-refractivity contribution is -0.143. The van der Waals surface area contributed by atoms with Gasteiger partial charge in [-0.25, -0.2) is 0 Å². The van der Waals surface area contributed by atoms with E-state index in [1.807, 2.05) is 31.2 Å². The molecule has 0 fully saturated rings. The molecule has 1 unspecified atom stereocenters. The summed E-state index contributed by atoms with van der Waals surface area (Å²) in [4.78, 5) is 11.5. The molecule has 1 aromatic carbocycles. The van der Waals surface area contributed by atoms with Crippen molar-refractivity contribution < 1.29 is 9.53 Å². The third-order valence-corrected chi connectivity index (χ3v) is 3.98. The first-order chi connectivity index (χ1) is 9.17. The Hall–Kier alpha value is -0.710. The molecule has 19 heavy (non-hydrogen) atoms. The fraction of sp³-hybridized carbons (Fsp3) is 0.500. The van der Waals surface area contributed by atoms with E-state index in [1.54, 1.807) is 11.8 Å². The second-order valence-electron chi connectivity index (χ2n) is 4.10. The normalized spacial score (nSPS) is 12.2. The van der Waals surface area contributed by atoms with E-state index >= 15 is 0 Å². The summed E-state index contributed by atoms with van der Waals surface area (Å²) in [6.45, 7) is 2.75. The van der Waals surface area contributed by atoms with E-state index in [0.29, 0.717) is 0 Å². The van der Waals surface area contributed by atoms with E-state index in [2.05, 4.69) is 5.32 Å². The third kappa shape index (κ3) is 6.32. The van der Waals surface area contributed by atoms with Crippen LogP contribution in [0.25, 0.3) is 0 Å². The molecule has 1 N–H and O–H groups in total. The minimum absolute atomic E-state index is 0.186. The Morgan fingerprint density at radius 3 is 2.68 bits per heavy atom. The Kier molecular flexibility index (Phi) is 7.94. The average Bonchev–Trinajstić information content (AvgIpc) is 2.43. The number of hydrogen-bond donors (Lipinski definition) is 1. The SMILES string of the molecule is CCNC(CCSCc1ccc(Cl)cc1)C(=O)OC. The monoisotopic (exact) mass is 301 g/mol. The van der Waals surface area contributed by atoms with Crippen molar-refractivity contribution >= 4 is 29.3 Å². The summed E-state index contributed by atoms with van der Waals surface area (Å²) in [5.74, 6) is 1.65. The molecule has 0 aromatic heterocycles. The van der Waals surface area contributed by atoms with Crippen LogP contribution in [0, 0.1) is 0 Å². The van der Waals surface area contributed by atoms with Crippen LogP contribution in [0.4, 0.5) is 0 Å². The van der Waals surface area contributed by atoms with Crippen LogP contribution in [-0.2, 0) is 15.3 Å². The van der Waals surface area contributed by atoms with Gasteiger partial charge in [0.1, 0.15) is 6.04 Å². The molecule has 0 bridgehead atoms. The summed E-state index contributed by atoms with van der Waals surface area (Å²) >= 11 is 7.64. The number of hydrogen-bond acceptors (Lipinski definition) is 4. The molecule has 0 radical (unpaired) electrons. The van der Waals surface area contributed by atoms with Gasteiger partial charge in [0.05, 0.1) is 7.11 Å². The van der Waals surface area contributed by atoms with Crippen LogP contribution in [0.2, 0.25) is 5.02 Å². The van der Waals surface area contributed by atoms with Gasteiger partial charge in [-0.15, -0.1) is 0 Å². The van der Waals surface area contributed by atoms with Crippen LogP contribution in [0.5, 0.6) is 0 Å². The molecular weight excluding hydrogens is 282 g/mol. The van der Waals surface area contributed by atoms with Crippen molar-refractivity contribution in [2.24, 2.45) is 0 Å². The summed E-state index contributed by atoms with van der Waals surface area (Å²) < 4.78 is 4.77. The van der Waals surface area contributed by atoms with E-state index in [-0.39, 0.29) is 12.0 Å². The van der Waals surface area contributed by atoms with E-state index in [4.69, 9.17) is 16.3 Å². The van der Waals surface area contributed by atoms with Gasteiger partial charge in [-0.05, 0) is 36.4 Å². The average molecular weight is 302 g/mol. The van der Waals surface area contributed by atoms with Crippen molar-refractivity contribution in [1.29, 1.82) is 0 Å². The Morgan fingerprint density at radius 1 is 1.42 bits per heavy atom. The van der Waals surface area contributed by atoms with Crippen LogP contribution in [0.3, 0.4) is 0 Å². The van der Waals surface area contributed by atoms with Gasteiger partial charge in [0.2, 0.25) is 0 Å². The van der Waals surface area contributed by atoms with Crippen molar-refractivity contribution in [2.45, 2.75) is 25.1 Å². The number of esters is 1. The molecule has 1 rings (SSSR count). The molecule has 0 aliphatic rings. The number of benzene rings is 1. The van der Waals surface area contributed by atoms with Gasteiger partial charge >= 0.3 is 5.97 Å². The number of nitrogens with one attached hydrogen (secondary N) is 1. The quantitative estimate of drug-likeness (QED) is 0.591. The zero-order chi connectivity index (χ0) is 14.1. The highest BCUT2D eigenvalue weighted by molar-refractivity contribution is 7.98. The number of halogens is 1. The molecule has 0 amide bonds. The minimum Gasteiger partial charge on any atom is -0.468 e. The minimum atomic E-state index is -0.201. The van der Waals surface area contributed by atoms with E-state index in [1.165, 1.54) is 12.7 Å². The number of methoxy groups -OCH3 is 1. The molecule has 0 aliphatic carbocycles. The largest absolute Gasteiger partial charge is 0.468 e. The summed E-state index contributed by atoms with van der Waals surface area (Å²) in [5.41, 5.74) is 1.24. The predicted octanol–water partition coefficient (Wildman–Crippen LogP) is 3.11. The number of likely N-dealkylation sites (N-methyl/N-ethyl adjacent to an activating group) is 1. The van der Waals surface area contributed by atoms with Gasteiger partial charge in [-0.2, -0.15) is 11.8 Å². The highest BCUT2D eigenvalue weighted by Crippen LogP contribution is 2.16. The van der Waals surface area contributed by atoms with Crippen molar-refractivity contribution in [2.75, 3.05) is 19.4 Å². The number of ether oxygens (including phenoxy) is 1. The second-order valence-corrected chi connectivity index (χ2v) is 5.64. The molecular formula is C14H20ClNO2S. The Labute approximate surface area is 124 Å². The zero-order valence-corrected chi connectivity index (χ0v) is 12.9. The molecule has 3 nitrogen and oxygen atoms in total. The lowest BCUT2D eigenvalue weighted by Gasteiger charge is -2.14. The van der Waals surface area contributed by atoms with Crippen LogP contribution in [0.1, 0.15) is 18.9 Å². The first-order valence-electron chi connectivity index (χ1n) is 6.30. The van der Waals surface area contributed by atoms with E-state index in [0.717, 1.165) is 29.5 Å². The van der Waals surface area contributed by atoms with Crippen molar-refractivity contribution in [3.05, 3.63) is 34.9 Å². The Morgan fingerprint density at radius 2 is 2.11 bits per heavy atom. The molecule has 1 aromatic rings. The van der Waals surface area contributed by atoms with Crippen LogP contribution in [0.15, 0.2) is 24.3 Å². The molecule has 1 atom stereocenters. The third-order valence-electron chi connectivity index (χ3n) is 2.67. The lowest BCUT2D eigenvalue weighted by atomic mass is 10.2. The van der Waals surface area contributed by atoms with Crippen LogP contribution >= 0.6 is 23.4 Å². The van der Waals surface area contributed by atoms with Crippen molar-refractivity contribution in [3.63, 3.8) is 0 Å². The highest BCUT2D eigenvalue weighted by atomic mass is 35.5. The summed E-state index contributed by atoms with van der Waals surface area (Å²) in [5, 5.41) is 3.89. The Balaban J connectivity index is 2.28. The first kappa shape index (κ1) is 16.3.